The number of halogens is 3. The number of carbonyl (C=O) groups excluding carboxylic acids is 1. The van der Waals surface area contributed by atoms with Crippen LogP contribution in [0.4, 0.5) is 18.9 Å². The minimum atomic E-state index is -4.61. The van der Waals surface area contributed by atoms with Gasteiger partial charge >= 0.3 is 6.18 Å². The van der Waals surface area contributed by atoms with Gasteiger partial charge in [0.1, 0.15) is 0 Å². The molecule has 2 atom stereocenters. The molecule has 0 spiro atoms. The largest absolute Gasteiger partial charge is 0.417 e. The number of benzene rings is 1. The predicted molar refractivity (Wildman–Crippen MR) is 69.1 cm³/mol. The fourth-order valence-corrected chi connectivity index (χ4v) is 3.13. The van der Waals surface area contributed by atoms with Crippen LogP contribution in [0.5, 0.6) is 0 Å². The van der Waals surface area contributed by atoms with Crippen LogP contribution in [0.25, 0.3) is 0 Å². The number of carbonyl (C=O) groups is 1. The average molecular weight is 294 g/mol. The lowest BCUT2D eigenvalue weighted by molar-refractivity contribution is -0.137. The van der Waals surface area contributed by atoms with Gasteiger partial charge in [0.05, 0.1) is 17.2 Å². The van der Waals surface area contributed by atoms with Gasteiger partial charge in [-0.1, -0.05) is 0 Å². The fourth-order valence-electron chi connectivity index (χ4n) is 3.13. The van der Waals surface area contributed by atoms with Crippen LogP contribution < -0.4 is 5.32 Å². The highest BCUT2D eigenvalue weighted by atomic mass is 19.4. The van der Waals surface area contributed by atoms with Crippen molar-refractivity contribution in [1.29, 1.82) is 5.26 Å². The van der Waals surface area contributed by atoms with Crippen LogP contribution in [0.1, 0.15) is 30.4 Å². The summed E-state index contributed by atoms with van der Waals surface area (Å²) in [4.78, 5) is 12.0. The second-order valence-electron chi connectivity index (χ2n) is 5.78. The van der Waals surface area contributed by atoms with E-state index in [0.29, 0.717) is 11.8 Å². The summed E-state index contributed by atoms with van der Waals surface area (Å²) in [5, 5.41) is 11.3. The van der Waals surface area contributed by atoms with Crippen molar-refractivity contribution < 1.29 is 18.0 Å². The van der Waals surface area contributed by atoms with E-state index in [4.69, 9.17) is 5.26 Å². The fraction of sp³-hybridized carbons (Fsp3) is 0.467. The molecule has 2 saturated carbocycles. The SMILES string of the molecule is N#Cc1ccc(NC(=O)C2CC3CC3C2)cc1C(F)(F)F. The standard InChI is InChI=1S/C15H13F3N2O/c16-15(17,18)13-6-12(2-1-8(13)7-19)20-14(21)11-4-9-3-10(9)5-11/h1-2,6,9-11H,3-5H2,(H,20,21). The lowest BCUT2D eigenvalue weighted by Crippen LogP contribution is -2.22. The van der Waals surface area contributed by atoms with E-state index in [9.17, 15) is 18.0 Å². The van der Waals surface area contributed by atoms with E-state index in [-0.39, 0.29) is 17.5 Å². The average Bonchev–Trinajstić information content (AvgIpc) is 3.04. The molecule has 2 aliphatic carbocycles. The second-order valence-corrected chi connectivity index (χ2v) is 5.78. The summed E-state index contributed by atoms with van der Waals surface area (Å²) in [5.41, 5.74) is -1.37. The van der Waals surface area contributed by atoms with Gasteiger partial charge in [0.25, 0.3) is 0 Å². The number of rotatable bonds is 2. The monoisotopic (exact) mass is 294 g/mol. The van der Waals surface area contributed by atoms with E-state index >= 15 is 0 Å². The number of fused-ring (bicyclic) bond motifs is 1. The van der Waals surface area contributed by atoms with Gasteiger partial charge in [0, 0.05) is 11.6 Å². The molecule has 2 aliphatic rings. The molecule has 0 radical (unpaired) electrons. The molecule has 0 bridgehead atoms. The maximum absolute atomic E-state index is 12.8. The molecule has 110 valence electrons. The zero-order valence-electron chi connectivity index (χ0n) is 11.1. The molecule has 0 heterocycles. The van der Waals surface area contributed by atoms with Crippen molar-refractivity contribution in [2.45, 2.75) is 25.4 Å². The summed E-state index contributed by atoms with van der Waals surface area (Å²) in [6.45, 7) is 0. The van der Waals surface area contributed by atoms with Crippen molar-refractivity contribution in [3.05, 3.63) is 29.3 Å². The molecule has 1 N–H and O–H groups in total. The van der Waals surface area contributed by atoms with Gasteiger partial charge in [-0.05, 0) is 49.3 Å². The Hall–Kier alpha value is -2.03. The third-order valence-electron chi connectivity index (χ3n) is 4.33. The molecule has 6 heteroatoms. The number of nitrogens with one attached hydrogen (secondary N) is 1. The molecular weight excluding hydrogens is 281 g/mol. The Kier molecular flexibility index (Phi) is 3.16. The Labute approximate surface area is 119 Å². The Morgan fingerprint density at radius 1 is 1.24 bits per heavy atom. The van der Waals surface area contributed by atoms with Crippen molar-refractivity contribution in [1.82, 2.24) is 0 Å². The van der Waals surface area contributed by atoms with Gasteiger partial charge in [0.15, 0.2) is 0 Å². The molecule has 2 fully saturated rings. The molecule has 0 aliphatic heterocycles. The second kappa shape index (κ2) is 4.76. The lowest BCUT2D eigenvalue weighted by atomic mass is 10.0. The number of amides is 1. The van der Waals surface area contributed by atoms with Gasteiger partial charge in [-0.2, -0.15) is 18.4 Å². The molecule has 3 rings (SSSR count). The molecule has 0 aromatic heterocycles. The first-order chi connectivity index (χ1) is 9.88. The zero-order valence-corrected chi connectivity index (χ0v) is 11.1. The third-order valence-corrected chi connectivity index (χ3v) is 4.33. The molecule has 1 amide bonds. The van der Waals surface area contributed by atoms with Crippen molar-refractivity contribution in [2.75, 3.05) is 5.32 Å². The summed E-state index contributed by atoms with van der Waals surface area (Å²) in [6.07, 6.45) is -1.77. The smallest absolute Gasteiger partial charge is 0.326 e. The van der Waals surface area contributed by atoms with Gasteiger partial charge in [0.2, 0.25) is 5.91 Å². The highest BCUT2D eigenvalue weighted by molar-refractivity contribution is 5.93. The molecule has 2 unspecified atom stereocenters. The number of anilines is 1. The van der Waals surface area contributed by atoms with E-state index in [0.717, 1.165) is 25.0 Å². The van der Waals surface area contributed by atoms with Crippen LogP contribution in [0.15, 0.2) is 18.2 Å². The van der Waals surface area contributed by atoms with E-state index in [1.807, 2.05) is 0 Å². The van der Waals surface area contributed by atoms with Crippen LogP contribution in [0, 0.1) is 29.1 Å². The highest BCUT2D eigenvalue weighted by Gasteiger charge is 2.48. The van der Waals surface area contributed by atoms with E-state index < -0.39 is 17.3 Å². The maximum Gasteiger partial charge on any atom is 0.417 e. The summed E-state index contributed by atoms with van der Waals surface area (Å²) in [7, 11) is 0. The van der Waals surface area contributed by atoms with Gasteiger partial charge in [-0.15, -0.1) is 0 Å². The van der Waals surface area contributed by atoms with Gasteiger partial charge in [-0.3, -0.25) is 4.79 Å². The van der Waals surface area contributed by atoms with Crippen molar-refractivity contribution in [2.24, 2.45) is 17.8 Å². The van der Waals surface area contributed by atoms with Gasteiger partial charge < -0.3 is 5.32 Å². The molecule has 1 aromatic rings. The molecule has 0 saturated heterocycles. The predicted octanol–water partition coefficient (Wildman–Crippen LogP) is 3.56. The Balaban J connectivity index is 1.76. The van der Waals surface area contributed by atoms with Crippen molar-refractivity contribution in [3.8, 4) is 6.07 Å². The summed E-state index contributed by atoms with van der Waals surface area (Å²) < 4.78 is 38.5. The van der Waals surface area contributed by atoms with Crippen molar-refractivity contribution >= 4 is 11.6 Å². The number of alkyl halides is 3. The molecule has 3 nitrogen and oxygen atoms in total. The maximum atomic E-state index is 12.8. The molecule has 21 heavy (non-hydrogen) atoms. The lowest BCUT2D eigenvalue weighted by Gasteiger charge is -2.14. The first-order valence-electron chi connectivity index (χ1n) is 6.80. The topological polar surface area (TPSA) is 52.9 Å². The normalized spacial score (nSPS) is 26.9. The molecular formula is C15H13F3N2O. The van der Waals surface area contributed by atoms with E-state index in [1.54, 1.807) is 0 Å². The van der Waals surface area contributed by atoms with E-state index in [1.165, 1.54) is 18.6 Å². The van der Waals surface area contributed by atoms with E-state index in [2.05, 4.69) is 5.32 Å². The highest BCUT2D eigenvalue weighted by Crippen LogP contribution is 2.54. The summed E-state index contributed by atoms with van der Waals surface area (Å²) in [5.74, 6) is 0.943. The summed E-state index contributed by atoms with van der Waals surface area (Å²) >= 11 is 0. The van der Waals surface area contributed by atoms with Crippen molar-refractivity contribution in [3.63, 3.8) is 0 Å². The van der Waals surface area contributed by atoms with Crippen LogP contribution in [0.2, 0.25) is 0 Å². The zero-order chi connectivity index (χ0) is 15.2. The number of hydrogen-bond acceptors (Lipinski definition) is 2. The van der Waals surface area contributed by atoms with Crippen LogP contribution in [0.3, 0.4) is 0 Å². The van der Waals surface area contributed by atoms with Crippen LogP contribution in [-0.2, 0) is 11.0 Å². The Bertz CT molecular complexity index is 623. The molecule has 1 aromatic carbocycles. The number of nitrogens with zero attached hydrogens (tertiary/aromatic N) is 1. The summed E-state index contributed by atoms with van der Waals surface area (Å²) in [6, 6.07) is 4.76. The Morgan fingerprint density at radius 2 is 1.90 bits per heavy atom. The number of hydrogen-bond donors (Lipinski definition) is 1. The van der Waals surface area contributed by atoms with Gasteiger partial charge in [-0.25, -0.2) is 0 Å². The third kappa shape index (κ3) is 2.73. The van der Waals surface area contributed by atoms with Crippen LogP contribution >= 0.6 is 0 Å². The quantitative estimate of drug-likeness (QED) is 0.906. The minimum Gasteiger partial charge on any atom is -0.326 e. The number of nitriles is 1. The minimum absolute atomic E-state index is 0.0897. The first kappa shape index (κ1) is 13.9. The Morgan fingerprint density at radius 3 is 2.48 bits per heavy atom. The van der Waals surface area contributed by atoms with Crippen LogP contribution in [-0.4, -0.2) is 5.91 Å². The first-order valence-corrected chi connectivity index (χ1v) is 6.80.